The van der Waals surface area contributed by atoms with E-state index in [2.05, 4.69) is 0 Å². The van der Waals surface area contributed by atoms with Crippen molar-refractivity contribution in [3.05, 3.63) is 34.1 Å². The van der Waals surface area contributed by atoms with Crippen LogP contribution in [0.5, 0.6) is 0 Å². The van der Waals surface area contributed by atoms with E-state index in [4.69, 9.17) is 4.74 Å². The molecular weight excluding hydrogens is 245 g/mol. The van der Waals surface area contributed by atoms with Crippen molar-refractivity contribution in [2.75, 3.05) is 13.2 Å². The maximum absolute atomic E-state index is 13.4. The van der Waals surface area contributed by atoms with Crippen LogP contribution in [0.15, 0.2) is 23.1 Å². The Balaban J connectivity index is 2.19. The van der Waals surface area contributed by atoms with E-state index in [9.17, 15) is 14.5 Å². The van der Waals surface area contributed by atoms with Crippen LogP contribution in [-0.4, -0.2) is 23.4 Å². The van der Waals surface area contributed by atoms with Gasteiger partial charge in [0.15, 0.2) is 0 Å². The Hall–Kier alpha value is -1.14. The molecule has 0 spiro atoms. The van der Waals surface area contributed by atoms with E-state index in [1.165, 1.54) is 17.8 Å². The van der Waals surface area contributed by atoms with Crippen LogP contribution < -0.4 is 0 Å². The van der Waals surface area contributed by atoms with Crippen molar-refractivity contribution < 1.29 is 14.1 Å². The summed E-state index contributed by atoms with van der Waals surface area (Å²) in [4.78, 5) is 10.6. The van der Waals surface area contributed by atoms with Gasteiger partial charge in [0, 0.05) is 18.5 Å². The van der Waals surface area contributed by atoms with Gasteiger partial charge in [-0.2, -0.15) is 4.39 Å². The Kier molecular flexibility index (Phi) is 3.96. The molecule has 6 heteroatoms. The second kappa shape index (κ2) is 5.46. The van der Waals surface area contributed by atoms with Crippen LogP contribution in [0, 0.1) is 15.9 Å². The topological polar surface area (TPSA) is 52.4 Å². The lowest BCUT2D eigenvalue weighted by Crippen LogP contribution is -2.17. The van der Waals surface area contributed by atoms with Crippen LogP contribution in [0.1, 0.15) is 12.8 Å². The zero-order valence-electron chi connectivity index (χ0n) is 9.10. The highest BCUT2D eigenvalue weighted by molar-refractivity contribution is 8.00. The first kappa shape index (κ1) is 12.3. The molecule has 1 aliphatic heterocycles. The molecule has 1 heterocycles. The SMILES string of the molecule is O=[N+]([O-])c1c(F)cccc1SC1CCOCC1. The fourth-order valence-electron chi connectivity index (χ4n) is 1.74. The predicted molar refractivity (Wildman–Crippen MR) is 62.8 cm³/mol. The molecule has 0 amide bonds. The first-order chi connectivity index (χ1) is 8.18. The van der Waals surface area contributed by atoms with Crippen molar-refractivity contribution in [2.24, 2.45) is 0 Å². The lowest BCUT2D eigenvalue weighted by molar-refractivity contribution is -0.390. The van der Waals surface area contributed by atoms with E-state index in [0.29, 0.717) is 18.1 Å². The van der Waals surface area contributed by atoms with Crippen molar-refractivity contribution in [3.63, 3.8) is 0 Å². The van der Waals surface area contributed by atoms with Crippen molar-refractivity contribution in [2.45, 2.75) is 23.0 Å². The van der Waals surface area contributed by atoms with Crippen LogP contribution in [0.3, 0.4) is 0 Å². The van der Waals surface area contributed by atoms with Crippen molar-refractivity contribution >= 4 is 17.4 Å². The molecule has 0 atom stereocenters. The minimum absolute atomic E-state index is 0.268. The number of halogens is 1. The summed E-state index contributed by atoms with van der Waals surface area (Å²) in [5.41, 5.74) is -0.413. The Morgan fingerprint density at radius 1 is 1.41 bits per heavy atom. The second-order valence-corrected chi connectivity index (χ2v) is 5.12. The molecule has 17 heavy (non-hydrogen) atoms. The average Bonchev–Trinajstić information content (AvgIpc) is 2.30. The Morgan fingerprint density at radius 3 is 2.76 bits per heavy atom. The maximum atomic E-state index is 13.4. The van der Waals surface area contributed by atoms with Crippen LogP contribution in [0.4, 0.5) is 10.1 Å². The number of nitro groups is 1. The van der Waals surface area contributed by atoms with E-state index in [1.54, 1.807) is 6.07 Å². The molecule has 4 nitrogen and oxygen atoms in total. The van der Waals surface area contributed by atoms with E-state index in [0.717, 1.165) is 18.9 Å². The van der Waals surface area contributed by atoms with Gasteiger partial charge in [-0.3, -0.25) is 10.1 Å². The molecule has 92 valence electrons. The van der Waals surface area contributed by atoms with Crippen molar-refractivity contribution in [1.29, 1.82) is 0 Å². The fourth-order valence-corrected chi connectivity index (χ4v) is 2.97. The maximum Gasteiger partial charge on any atom is 0.318 e. The fraction of sp³-hybridized carbons (Fsp3) is 0.455. The number of thioether (sulfide) groups is 1. The summed E-state index contributed by atoms with van der Waals surface area (Å²) in [6.45, 7) is 1.33. The Morgan fingerprint density at radius 2 is 2.12 bits per heavy atom. The first-order valence-corrected chi connectivity index (χ1v) is 6.24. The van der Waals surface area contributed by atoms with Gasteiger partial charge in [0.1, 0.15) is 0 Å². The van der Waals surface area contributed by atoms with Gasteiger partial charge in [-0.05, 0) is 25.0 Å². The third-order valence-corrected chi connectivity index (χ3v) is 3.98. The van der Waals surface area contributed by atoms with Crippen LogP contribution in [-0.2, 0) is 4.74 Å². The molecule has 0 radical (unpaired) electrons. The number of rotatable bonds is 3. The van der Waals surface area contributed by atoms with E-state index < -0.39 is 16.4 Å². The second-order valence-electron chi connectivity index (χ2n) is 3.77. The first-order valence-electron chi connectivity index (χ1n) is 5.36. The summed E-state index contributed by atoms with van der Waals surface area (Å²) < 4.78 is 18.6. The smallest absolute Gasteiger partial charge is 0.318 e. The highest BCUT2D eigenvalue weighted by Gasteiger charge is 2.24. The molecule has 1 fully saturated rings. The third-order valence-electron chi connectivity index (χ3n) is 2.59. The van der Waals surface area contributed by atoms with E-state index in [1.807, 2.05) is 0 Å². The minimum atomic E-state index is -0.771. The lowest BCUT2D eigenvalue weighted by Gasteiger charge is -2.21. The minimum Gasteiger partial charge on any atom is -0.381 e. The standard InChI is InChI=1S/C11H12FNO3S/c12-9-2-1-3-10(11(9)13(14)15)17-8-4-6-16-7-5-8/h1-3,8H,4-7H2. The van der Waals surface area contributed by atoms with Gasteiger partial charge in [0.2, 0.25) is 5.82 Å². The molecule has 1 aliphatic rings. The Bertz CT molecular complexity index is 421. The Labute approximate surface area is 102 Å². The molecule has 0 unspecified atom stereocenters. The molecule has 1 aromatic rings. The van der Waals surface area contributed by atoms with Crippen LogP contribution in [0.25, 0.3) is 0 Å². The van der Waals surface area contributed by atoms with Crippen molar-refractivity contribution in [1.82, 2.24) is 0 Å². The summed E-state index contributed by atoms with van der Waals surface area (Å²) in [5, 5.41) is 11.1. The van der Waals surface area contributed by atoms with Crippen LogP contribution in [0.2, 0.25) is 0 Å². The number of hydrogen-bond donors (Lipinski definition) is 0. The molecule has 0 N–H and O–H groups in total. The lowest BCUT2D eigenvalue weighted by atomic mass is 10.2. The van der Waals surface area contributed by atoms with E-state index in [-0.39, 0.29) is 5.25 Å². The van der Waals surface area contributed by atoms with Gasteiger partial charge in [0.05, 0.1) is 9.82 Å². The summed E-state index contributed by atoms with van der Waals surface area (Å²) >= 11 is 1.37. The molecule has 0 bridgehead atoms. The van der Waals surface area contributed by atoms with Crippen molar-refractivity contribution in [3.8, 4) is 0 Å². The summed E-state index contributed by atoms with van der Waals surface area (Å²) in [6, 6.07) is 4.22. The summed E-state index contributed by atoms with van der Waals surface area (Å²) in [7, 11) is 0. The molecule has 2 rings (SSSR count). The van der Waals surface area contributed by atoms with Gasteiger partial charge < -0.3 is 4.74 Å². The molecule has 0 saturated carbocycles. The molecule has 0 aromatic heterocycles. The molecule has 1 aromatic carbocycles. The summed E-state index contributed by atoms with van der Waals surface area (Å²) in [6.07, 6.45) is 1.69. The van der Waals surface area contributed by atoms with Gasteiger partial charge >= 0.3 is 5.69 Å². The largest absolute Gasteiger partial charge is 0.381 e. The summed E-state index contributed by atoms with van der Waals surface area (Å²) in [5.74, 6) is -0.771. The highest BCUT2D eigenvalue weighted by Crippen LogP contribution is 2.36. The van der Waals surface area contributed by atoms with Gasteiger partial charge in [-0.25, -0.2) is 0 Å². The zero-order chi connectivity index (χ0) is 12.3. The number of hydrogen-bond acceptors (Lipinski definition) is 4. The monoisotopic (exact) mass is 257 g/mol. The normalized spacial score (nSPS) is 17.0. The van der Waals surface area contributed by atoms with E-state index >= 15 is 0 Å². The molecule has 1 saturated heterocycles. The average molecular weight is 257 g/mol. The predicted octanol–water partition coefficient (Wildman–Crippen LogP) is 3.01. The number of nitrogens with zero attached hydrogens (tertiary/aromatic N) is 1. The third kappa shape index (κ3) is 2.95. The van der Waals surface area contributed by atoms with Gasteiger partial charge in [-0.15, -0.1) is 11.8 Å². The quantitative estimate of drug-likeness (QED) is 0.617. The van der Waals surface area contributed by atoms with Gasteiger partial charge in [0.25, 0.3) is 0 Å². The number of nitro benzene ring substituents is 1. The molecular formula is C11H12FNO3S. The zero-order valence-corrected chi connectivity index (χ0v) is 9.91. The van der Waals surface area contributed by atoms with Gasteiger partial charge in [-0.1, -0.05) is 6.07 Å². The number of benzene rings is 1. The number of ether oxygens (including phenoxy) is 1. The molecule has 0 aliphatic carbocycles. The van der Waals surface area contributed by atoms with Crippen LogP contribution >= 0.6 is 11.8 Å². The number of para-hydroxylation sites is 1. The highest BCUT2D eigenvalue weighted by atomic mass is 32.2.